The molecule has 1 aliphatic rings. The lowest BCUT2D eigenvalue weighted by atomic mass is 10.1. The van der Waals surface area contributed by atoms with Crippen molar-refractivity contribution >= 4 is 11.6 Å². The van der Waals surface area contributed by atoms with Gasteiger partial charge in [0.15, 0.2) is 5.82 Å². The van der Waals surface area contributed by atoms with Crippen LogP contribution in [0.25, 0.3) is 17.1 Å². The molecular weight excluding hydrogens is 459 g/mol. The molecule has 1 aliphatic carbocycles. The van der Waals surface area contributed by atoms with Gasteiger partial charge in [0.1, 0.15) is 12.4 Å². The lowest BCUT2D eigenvalue weighted by Crippen LogP contribution is -2.14. The van der Waals surface area contributed by atoms with Gasteiger partial charge in [0, 0.05) is 23.8 Å². The van der Waals surface area contributed by atoms with Crippen LogP contribution >= 0.6 is 0 Å². The van der Waals surface area contributed by atoms with Crippen LogP contribution in [-0.2, 0) is 9.53 Å². The minimum atomic E-state index is -0.368. The molecule has 184 valence electrons. The lowest BCUT2D eigenvalue weighted by Gasteiger charge is -2.09. The Labute approximate surface area is 208 Å². The molecule has 5 rings (SSSR count). The number of nitrogens with zero attached hydrogens (tertiary/aromatic N) is 3. The van der Waals surface area contributed by atoms with E-state index in [4.69, 9.17) is 9.47 Å². The Morgan fingerprint density at radius 2 is 1.86 bits per heavy atom. The molecular formula is C28H27FN4O3. The highest BCUT2D eigenvalue weighted by Crippen LogP contribution is 2.47. The number of halogens is 1. The molecule has 7 nitrogen and oxygen atoms in total. The first-order chi connectivity index (χ1) is 17.6. The van der Waals surface area contributed by atoms with E-state index in [1.54, 1.807) is 16.8 Å². The molecule has 1 heterocycles. The molecule has 0 spiro atoms. The second-order valence-electron chi connectivity index (χ2n) is 8.58. The molecule has 0 aliphatic heterocycles. The maximum Gasteiger partial charge on any atom is 0.336 e. The minimum Gasteiger partial charge on any atom is -0.460 e. The number of aromatic nitrogens is 3. The van der Waals surface area contributed by atoms with Crippen LogP contribution in [-0.4, -0.2) is 40.5 Å². The van der Waals surface area contributed by atoms with Crippen LogP contribution in [0.15, 0.2) is 78.9 Å². The number of rotatable bonds is 10. The summed E-state index contributed by atoms with van der Waals surface area (Å²) in [6.07, 6.45) is 0.857. The Bertz CT molecular complexity index is 1320. The van der Waals surface area contributed by atoms with Gasteiger partial charge in [-0.1, -0.05) is 42.5 Å². The Morgan fingerprint density at radius 1 is 1.06 bits per heavy atom. The van der Waals surface area contributed by atoms with Gasteiger partial charge in [-0.15, -0.1) is 5.10 Å². The Balaban J connectivity index is 1.32. The maximum atomic E-state index is 13.9. The highest BCUT2D eigenvalue weighted by molar-refractivity contribution is 5.95. The van der Waals surface area contributed by atoms with E-state index in [0.717, 1.165) is 6.42 Å². The first-order valence-electron chi connectivity index (χ1n) is 12.0. The lowest BCUT2D eigenvalue weighted by molar-refractivity contribution is -0.117. The quantitative estimate of drug-likeness (QED) is 0.311. The van der Waals surface area contributed by atoms with E-state index in [1.165, 1.54) is 17.7 Å². The average Bonchev–Trinajstić information content (AvgIpc) is 3.60. The van der Waals surface area contributed by atoms with Crippen molar-refractivity contribution in [2.24, 2.45) is 5.92 Å². The van der Waals surface area contributed by atoms with Crippen molar-refractivity contribution in [3.8, 4) is 23.1 Å². The van der Waals surface area contributed by atoms with E-state index >= 15 is 0 Å². The van der Waals surface area contributed by atoms with Crippen molar-refractivity contribution < 1.29 is 18.7 Å². The van der Waals surface area contributed by atoms with Crippen molar-refractivity contribution in [1.29, 1.82) is 0 Å². The van der Waals surface area contributed by atoms with Crippen molar-refractivity contribution in [3.63, 3.8) is 0 Å². The summed E-state index contributed by atoms with van der Waals surface area (Å²) in [6.45, 7) is 3.22. The number of hydrogen-bond acceptors (Lipinski definition) is 5. The normalized spacial score (nSPS) is 16.5. The number of carbonyl (C=O) groups is 1. The second kappa shape index (κ2) is 10.7. The number of carbonyl (C=O) groups excluding carboxylic acids is 1. The number of hydrogen-bond donors (Lipinski definition) is 1. The molecule has 1 amide bonds. The molecule has 4 aromatic rings. The fraction of sp³-hybridized carbons (Fsp3) is 0.250. The van der Waals surface area contributed by atoms with Crippen LogP contribution in [0.2, 0.25) is 0 Å². The average molecular weight is 487 g/mol. The zero-order valence-electron chi connectivity index (χ0n) is 19.9. The van der Waals surface area contributed by atoms with Crippen LogP contribution in [0.4, 0.5) is 10.1 Å². The molecule has 1 fully saturated rings. The summed E-state index contributed by atoms with van der Waals surface area (Å²) in [5.41, 5.74) is 3.17. The molecule has 0 radical (unpaired) electrons. The maximum absolute atomic E-state index is 13.9. The van der Waals surface area contributed by atoms with Gasteiger partial charge in [-0.3, -0.25) is 4.79 Å². The van der Waals surface area contributed by atoms with Gasteiger partial charge in [-0.05, 0) is 61.2 Å². The summed E-state index contributed by atoms with van der Waals surface area (Å²) in [6, 6.07) is 23.8. The molecule has 2 atom stereocenters. The number of benzene rings is 3. The van der Waals surface area contributed by atoms with Gasteiger partial charge in [0.05, 0.1) is 12.3 Å². The molecule has 0 unspecified atom stereocenters. The Hall–Kier alpha value is -4.04. The first-order valence-corrected chi connectivity index (χ1v) is 12.0. The third kappa shape index (κ3) is 5.44. The Morgan fingerprint density at radius 3 is 2.61 bits per heavy atom. The molecule has 3 aromatic carbocycles. The summed E-state index contributed by atoms with van der Waals surface area (Å²) in [5.74, 6) is 0.353. The molecule has 1 N–H and O–H groups in total. The van der Waals surface area contributed by atoms with Crippen LogP contribution in [0.1, 0.15) is 24.8 Å². The summed E-state index contributed by atoms with van der Waals surface area (Å²) < 4.78 is 26.5. The van der Waals surface area contributed by atoms with Crippen LogP contribution < -0.4 is 10.1 Å². The number of amides is 1. The van der Waals surface area contributed by atoms with Gasteiger partial charge in [0.2, 0.25) is 5.91 Å². The predicted molar refractivity (Wildman–Crippen MR) is 135 cm³/mol. The van der Waals surface area contributed by atoms with Gasteiger partial charge in [-0.2, -0.15) is 4.98 Å². The van der Waals surface area contributed by atoms with Gasteiger partial charge in [0.25, 0.3) is 0 Å². The molecule has 1 aromatic heterocycles. The summed E-state index contributed by atoms with van der Waals surface area (Å²) in [5, 5.41) is 7.48. The molecule has 1 saturated carbocycles. The van der Waals surface area contributed by atoms with Gasteiger partial charge >= 0.3 is 6.01 Å². The number of ether oxygens (including phenoxy) is 2. The molecule has 0 bridgehead atoms. The molecule has 0 saturated heterocycles. The summed E-state index contributed by atoms with van der Waals surface area (Å²) in [4.78, 5) is 17.2. The van der Waals surface area contributed by atoms with E-state index < -0.39 is 0 Å². The molecule has 8 heteroatoms. The zero-order valence-corrected chi connectivity index (χ0v) is 19.9. The highest BCUT2D eigenvalue weighted by atomic mass is 19.1. The number of nitrogens with one attached hydrogen (secondary N) is 1. The number of anilines is 1. The summed E-state index contributed by atoms with van der Waals surface area (Å²) in [7, 11) is 0. The van der Waals surface area contributed by atoms with E-state index in [-0.39, 0.29) is 29.6 Å². The van der Waals surface area contributed by atoms with Crippen LogP contribution in [0.3, 0.4) is 0 Å². The summed E-state index contributed by atoms with van der Waals surface area (Å²) >= 11 is 0. The van der Waals surface area contributed by atoms with E-state index in [0.29, 0.717) is 42.6 Å². The topological polar surface area (TPSA) is 78.3 Å². The monoisotopic (exact) mass is 486 g/mol. The highest BCUT2D eigenvalue weighted by Gasteiger charge is 2.43. The Kier molecular flexibility index (Phi) is 7.04. The van der Waals surface area contributed by atoms with Crippen molar-refractivity contribution in [3.05, 3.63) is 90.2 Å². The minimum absolute atomic E-state index is 0.0154. The largest absolute Gasteiger partial charge is 0.460 e. The molecule has 36 heavy (non-hydrogen) atoms. The second-order valence-corrected chi connectivity index (χ2v) is 8.58. The van der Waals surface area contributed by atoms with Crippen LogP contribution in [0.5, 0.6) is 6.01 Å². The van der Waals surface area contributed by atoms with E-state index in [2.05, 4.69) is 27.5 Å². The van der Waals surface area contributed by atoms with Crippen LogP contribution in [0, 0.1) is 11.7 Å². The standard InChI is InChI=1S/C28H27FN4O3/c1-2-35-15-16-36-28-31-26(20-9-6-10-21(29)17-20)33(32-28)23-13-11-22(12-14-23)30-27(34)25-18-24(25)19-7-4-3-5-8-19/h3-14,17,24-25H,2,15-16,18H2,1H3,(H,30,34)/t24-,25-/m0/s1. The van der Waals surface area contributed by atoms with E-state index in [9.17, 15) is 9.18 Å². The van der Waals surface area contributed by atoms with E-state index in [1.807, 2.05) is 49.4 Å². The zero-order chi connectivity index (χ0) is 24.9. The van der Waals surface area contributed by atoms with Crippen molar-refractivity contribution in [2.45, 2.75) is 19.3 Å². The van der Waals surface area contributed by atoms with Gasteiger partial charge < -0.3 is 14.8 Å². The third-order valence-electron chi connectivity index (χ3n) is 6.07. The third-order valence-corrected chi connectivity index (χ3v) is 6.07. The fourth-order valence-electron chi connectivity index (χ4n) is 4.16. The fourth-order valence-corrected chi connectivity index (χ4v) is 4.16. The predicted octanol–water partition coefficient (Wildman–Crippen LogP) is 5.23. The first kappa shape index (κ1) is 23.7. The smallest absolute Gasteiger partial charge is 0.336 e. The van der Waals surface area contributed by atoms with Crippen molar-refractivity contribution in [2.75, 3.05) is 25.1 Å². The SMILES string of the molecule is CCOCCOc1nc(-c2cccc(F)c2)n(-c2ccc(NC(=O)[C@H]3C[C@H]3c3ccccc3)cc2)n1. The van der Waals surface area contributed by atoms with Gasteiger partial charge in [-0.25, -0.2) is 9.07 Å². The van der Waals surface area contributed by atoms with Crippen molar-refractivity contribution in [1.82, 2.24) is 14.8 Å².